The zero-order chi connectivity index (χ0) is 16.9. The molecule has 0 atom stereocenters. The molecule has 1 aliphatic rings. The molecule has 1 heterocycles. The molecule has 0 unspecified atom stereocenters. The monoisotopic (exact) mass is 328 g/mol. The molecular weight excluding hydrogens is 304 g/mol. The third-order valence-electron chi connectivity index (χ3n) is 4.40. The molecule has 24 heavy (non-hydrogen) atoms. The third kappa shape index (κ3) is 3.41. The number of hydrogen-bond acceptors (Lipinski definition) is 5. The topological polar surface area (TPSA) is 57.0 Å². The summed E-state index contributed by atoms with van der Waals surface area (Å²) in [5, 5.41) is 0. The average Bonchev–Trinajstić information content (AvgIpc) is 2.62. The van der Waals surface area contributed by atoms with Crippen molar-refractivity contribution in [3.8, 4) is 17.2 Å². The van der Waals surface area contributed by atoms with Crippen molar-refractivity contribution in [1.29, 1.82) is 0 Å². The van der Waals surface area contributed by atoms with E-state index in [9.17, 15) is 0 Å². The Morgan fingerprint density at radius 2 is 1.92 bits per heavy atom. The number of nitrogen functional groups attached to an aromatic ring is 1. The van der Waals surface area contributed by atoms with Gasteiger partial charge >= 0.3 is 0 Å². The van der Waals surface area contributed by atoms with Crippen LogP contribution in [0.15, 0.2) is 36.4 Å². The number of nitrogens with two attached hydrogens (primary N) is 1. The minimum atomic E-state index is 0.636. The zero-order valence-corrected chi connectivity index (χ0v) is 14.2. The van der Waals surface area contributed by atoms with Gasteiger partial charge in [0.15, 0.2) is 11.5 Å². The summed E-state index contributed by atoms with van der Waals surface area (Å²) in [6.07, 6.45) is 0.910. The lowest BCUT2D eigenvalue weighted by Gasteiger charge is -2.30. The minimum Gasteiger partial charge on any atom is -0.493 e. The highest BCUT2D eigenvalue weighted by Gasteiger charge is 2.23. The van der Waals surface area contributed by atoms with Gasteiger partial charge in [0.1, 0.15) is 12.4 Å². The maximum Gasteiger partial charge on any atom is 0.184 e. The Bertz CT molecular complexity index is 689. The highest BCUT2D eigenvalue weighted by Crippen LogP contribution is 2.40. The maximum atomic E-state index is 6.26. The number of ether oxygens (including phenoxy) is 3. The van der Waals surface area contributed by atoms with Gasteiger partial charge in [-0.3, -0.25) is 4.90 Å². The largest absolute Gasteiger partial charge is 0.493 e. The Hall–Kier alpha value is -2.40. The van der Waals surface area contributed by atoms with Crippen LogP contribution in [0.5, 0.6) is 17.2 Å². The van der Waals surface area contributed by atoms with Gasteiger partial charge in [0.2, 0.25) is 0 Å². The quantitative estimate of drug-likeness (QED) is 0.826. The molecule has 5 nitrogen and oxygen atoms in total. The smallest absolute Gasteiger partial charge is 0.184 e. The molecule has 0 aliphatic carbocycles. The molecule has 0 fully saturated rings. The Kier molecular flexibility index (Phi) is 5.11. The van der Waals surface area contributed by atoms with E-state index in [-0.39, 0.29) is 0 Å². The second-order valence-corrected chi connectivity index (χ2v) is 5.85. The average molecular weight is 328 g/mol. The normalized spacial score (nSPS) is 14.1. The maximum absolute atomic E-state index is 6.26. The summed E-state index contributed by atoms with van der Waals surface area (Å²) in [5.74, 6) is 2.24. The number of hydrogen-bond donors (Lipinski definition) is 1. The van der Waals surface area contributed by atoms with Crippen molar-refractivity contribution in [3.63, 3.8) is 0 Å². The SMILES string of the molecule is COc1cc2c(c(N)c1OC)CCN(CCOc1ccccc1)C2. The first-order valence-corrected chi connectivity index (χ1v) is 8.15. The predicted octanol–water partition coefficient (Wildman–Crippen LogP) is 2.72. The van der Waals surface area contributed by atoms with E-state index in [1.165, 1.54) is 11.1 Å². The van der Waals surface area contributed by atoms with Crippen LogP contribution in [0.2, 0.25) is 0 Å². The lowest BCUT2D eigenvalue weighted by Crippen LogP contribution is -2.34. The van der Waals surface area contributed by atoms with Crippen LogP contribution in [0.3, 0.4) is 0 Å². The molecule has 128 valence electrons. The molecule has 2 aromatic rings. The van der Waals surface area contributed by atoms with Crippen LogP contribution < -0.4 is 19.9 Å². The van der Waals surface area contributed by atoms with E-state index in [0.717, 1.165) is 31.8 Å². The van der Waals surface area contributed by atoms with Gasteiger partial charge in [0.05, 0.1) is 19.9 Å². The molecule has 0 amide bonds. The van der Waals surface area contributed by atoms with Crippen molar-refractivity contribution >= 4 is 5.69 Å². The number of nitrogens with zero attached hydrogens (tertiary/aromatic N) is 1. The molecule has 0 radical (unpaired) electrons. The van der Waals surface area contributed by atoms with Gasteiger partial charge in [-0.15, -0.1) is 0 Å². The summed E-state index contributed by atoms with van der Waals surface area (Å²) >= 11 is 0. The van der Waals surface area contributed by atoms with Gasteiger partial charge in [-0.25, -0.2) is 0 Å². The van der Waals surface area contributed by atoms with Gasteiger partial charge in [0.25, 0.3) is 0 Å². The summed E-state index contributed by atoms with van der Waals surface area (Å²) in [4.78, 5) is 2.37. The highest BCUT2D eigenvalue weighted by molar-refractivity contribution is 5.68. The number of para-hydroxylation sites is 1. The molecular formula is C19H24N2O3. The van der Waals surface area contributed by atoms with Gasteiger partial charge in [-0.1, -0.05) is 18.2 Å². The number of benzene rings is 2. The van der Waals surface area contributed by atoms with Crippen molar-refractivity contribution in [3.05, 3.63) is 47.5 Å². The van der Waals surface area contributed by atoms with Crippen LogP contribution in [0, 0.1) is 0 Å². The Morgan fingerprint density at radius 3 is 2.62 bits per heavy atom. The fraction of sp³-hybridized carbons (Fsp3) is 0.368. The number of anilines is 1. The molecule has 0 bridgehead atoms. The molecule has 0 saturated heterocycles. The summed E-state index contributed by atoms with van der Waals surface area (Å²) in [6, 6.07) is 11.9. The van der Waals surface area contributed by atoms with E-state index in [1.54, 1.807) is 14.2 Å². The van der Waals surface area contributed by atoms with Crippen molar-refractivity contribution < 1.29 is 14.2 Å². The molecule has 3 rings (SSSR count). The van der Waals surface area contributed by atoms with Gasteiger partial charge in [-0.05, 0) is 35.7 Å². The second kappa shape index (κ2) is 7.45. The van der Waals surface area contributed by atoms with Crippen LogP contribution >= 0.6 is 0 Å². The van der Waals surface area contributed by atoms with E-state index in [0.29, 0.717) is 23.8 Å². The number of methoxy groups -OCH3 is 2. The molecule has 2 N–H and O–H groups in total. The first kappa shape index (κ1) is 16.5. The van der Waals surface area contributed by atoms with Gasteiger partial charge in [0, 0.05) is 19.6 Å². The van der Waals surface area contributed by atoms with Crippen LogP contribution in [0.4, 0.5) is 5.69 Å². The van der Waals surface area contributed by atoms with Crippen LogP contribution in [0.1, 0.15) is 11.1 Å². The fourth-order valence-corrected chi connectivity index (χ4v) is 3.14. The summed E-state index contributed by atoms with van der Waals surface area (Å²) in [7, 11) is 3.26. The van der Waals surface area contributed by atoms with Gasteiger partial charge < -0.3 is 19.9 Å². The zero-order valence-electron chi connectivity index (χ0n) is 14.2. The van der Waals surface area contributed by atoms with E-state index < -0.39 is 0 Å². The Morgan fingerprint density at radius 1 is 1.12 bits per heavy atom. The summed E-state index contributed by atoms with van der Waals surface area (Å²) in [5.41, 5.74) is 9.34. The standard InChI is InChI=1S/C19H24N2O3/c1-22-17-12-14-13-21(9-8-16(14)18(20)19(17)23-2)10-11-24-15-6-4-3-5-7-15/h3-7,12H,8-11,13,20H2,1-2H3. The van der Waals surface area contributed by atoms with Crippen molar-refractivity contribution in [2.24, 2.45) is 0 Å². The Balaban J connectivity index is 1.65. The fourth-order valence-electron chi connectivity index (χ4n) is 3.14. The Labute approximate surface area is 142 Å². The van der Waals surface area contributed by atoms with Crippen LogP contribution in [-0.2, 0) is 13.0 Å². The van der Waals surface area contributed by atoms with E-state index in [1.807, 2.05) is 36.4 Å². The van der Waals surface area contributed by atoms with Gasteiger partial charge in [-0.2, -0.15) is 0 Å². The number of rotatable bonds is 6. The molecule has 1 aliphatic heterocycles. The summed E-state index contributed by atoms with van der Waals surface area (Å²) < 4.78 is 16.6. The van der Waals surface area contributed by atoms with Crippen molar-refractivity contribution in [2.75, 3.05) is 39.6 Å². The number of fused-ring (bicyclic) bond motifs is 1. The lowest BCUT2D eigenvalue weighted by atomic mass is 9.96. The molecule has 0 spiro atoms. The van der Waals surface area contributed by atoms with Crippen LogP contribution in [-0.4, -0.2) is 38.8 Å². The van der Waals surface area contributed by atoms with Crippen molar-refractivity contribution in [2.45, 2.75) is 13.0 Å². The summed E-state index contributed by atoms with van der Waals surface area (Å²) in [6.45, 7) is 3.35. The first-order valence-electron chi connectivity index (χ1n) is 8.15. The van der Waals surface area contributed by atoms with E-state index in [2.05, 4.69) is 4.90 Å². The molecule has 0 aromatic heterocycles. The molecule has 2 aromatic carbocycles. The van der Waals surface area contributed by atoms with E-state index >= 15 is 0 Å². The minimum absolute atomic E-state index is 0.636. The lowest BCUT2D eigenvalue weighted by molar-refractivity contribution is 0.196. The molecule has 5 heteroatoms. The second-order valence-electron chi connectivity index (χ2n) is 5.85. The van der Waals surface area contributed by atoms with Crippen LogP contribution in [0.25, 0.3) is 0 Å². The van der Waals surface area contributed by atoms with Crippen molar-refractivity contribution in [1.82, 2.24) is 4.90 Å². The first-order chi connectivity index (χ1) is 11.7. The highest BCUT2D eigenvalue weighted by atomic mass is 16.5. The predicted molar refractivity (Wildman–Crippen MR) is 94.9 cm³/mol. The van der Waals surface area contributed by atoms with E-state index in [4.69, 9.17) is 19.9 Å². The molecule has 0 saturated carbocycles. The third-order valence-corrected chi connectivity index (χ3v) is 4.40.